The Labute approximate surface area is 141 Å². The van der Waals surface area contributed by atoms with Crippen LogP contribution in [0.15, 0.2) is 0 Å². The Kier molecular flexibility index (Phi) is 20.7. The second kappa shape index (κ2) is 15.4. The molecular formula is C12H27KSn. The van der Waals surface area contributed by atoms with Gasteiger partial charge in [-0.05, 0) is 0 Å². The molecule has 0 aliphatic carbocycles. The van der Waals surface area contributed by atoms with Gasteiger partial charge in [-0.2, -0.15) is 0 Å². The van der Waals surface area contributed by atoms with Crippen molar-refractivity contribution in [3.05, 3.63) is 0 Å². The summed E-state index contributed by atoms with van der Waals surface area (Å²) in [5.41, 5.74) is 0. The van der Waals surface area contributed by atoms with Crippen molar-refractivity contribution in [1.29, 1.82) is 0 Å². The topological polar surface area (TPSA) is 0 Å². The van der Waals surface area contributed by atoms with E-state index in [1.165, 1.54) is 38.5 Å². The molecule has 0 aliphatic rings. The first-order valence-corrected chi connectivity index (χ1v) is 12.2. The van der Waals surface area contributed by atoms with Gasteiger partial charge in [0.15, 0.2) is 0 Å². The minimum absolute atomic E-state index is 0. The van der Waals surface area contributed by atoms with Crippen LogP contribution in [0.1, 0.15) is 59.3 Å². The fraction of sp³-hybridized carbons (Fsp3) is 1.00. The van der Waals surface area contributed by atoms with Gasteiger partial charge in [0.25, 0.3) is 0 Å². The first-order chi connectivity index (χ1) is 6.35. The molecule has 14 heavy (non-hydrogen) atoms. The maximum absolute atomic E-state index is 2.33. The summed E-state index contributed by atoms with van der Waals surface area (Å²) >= 11 is -0.839. The molecule has 0 aromatic rings. The van der Waals surface area contributed by atoms with Crippen LogP contribution < -0.4 is 0 Å². The van der Waals surface area contributed by atoms with Gasteiger partial charge < -0.3 is 0 Å². The quantitative estimate of drug-likeness (QED) is 0.547. The first-order valence-electron chi connectivity index (χ1n) is 6.18. The molecule has 0 fully saturated rings. The second-order valence-electron chi connectivity index (χ2n) is 4.06. The van der Waals surface area contributed by atoms with Crippen molar-refractivity contribution in [3.8, 4) is 0 Å². The van der Waals surface area contributed by atoms with E-state index < -0.39 is 19.8 Å². The summed E-state index contributed by atoms with van der Waals surface area (Å²) < 4.78 is 5.04. The average Bonchev–Trinajstić information content (AvgIpc) is 2.17. The predicted molar refractivity (Wildman–Crippen MR) is 70.7 cm³/mol. The molecule has 0 unspecified atom stereocenters. The fourth-order valence-electron chi connectivity index (χ4n) is 1.66. The molecule has 0 nitrogen and oxygen atoms in total. The summed E-state index contributed by atoms with van der Waals surface area (Å²) in [5, 5.41) is 0. The maximum Gasteiger partial charge on any atom is 0 e. The molecule has 0 rings (SSSR count). The Balaban J connectivity index is 0. The molecular weight excluding hydrogens is 302 g/mol. The van der Waals surface area contributed by atoms with Crippen LogP contribution in [0.25, 0.3) is 0 Å². The maximum atomic E-state index is 2.33. The molecule has 2 heteroatoms. The molecule has 0 aromatic carbocycles. The smallest absolute Gasteiger partial charge is 0 e. The van der Waals surface area contributed by atoms with Gasteiger partial charge in [0, 0.05) is 51.4 Å². The standard InChI is InChI=1S/3C4H9.K.Sn/c3*1-3-4-2;;/h3*1,3-4H2,2H3;;. The minimum atomic E-state index is -0.839. The van der Waals surface area contributed by atoms with Crippen LogP contribution in [0, 0.1) is 0 Å². The van der Waals surface area contributed by atoms with E-state index in [0.717, 1.165) is 0 Å². The molecule has 0 saturated heterocycles. The molecule has 2 radical (unpaired) electrons. The Bertz CT molecular complexity index is 77.3. The van der Waals surface area contributed by atoms with E-state index in [9.17, 15) is 0 Å². The van der Waals surface area contributed by atoms with Crippen molar-refractivity contribution in [2.75, 3.05) is 0 Å². The monoisotopic (exact) mass is 330 g/mol. The number of hydrogen-bond donors (Lipinski definition) is 0. The average molecular weight is 329 g/mol. The van der Waals surface area contributed by atoms with Crippen LogP contribution in [-0.2, 0) is 0 Å². The van der Waals surface area contributed by atoms with Gasteiger partial charge in [-0.15, -0.1) is 0 Å². The molecule has 0 heterocycles. The molecule has 0 atom stereocenters. The van der Waals surface area contributed by atoms with Crippen LogP contribution in [0.2, 0.25) is 13.3 Å². The predicted octanol–water partition coefficient (Wildman–Crippen LogP) is 4.50. The zero-order valence-electron chi connectivity index (χ0n) is 10.9. The summed E-state index contributed by atoms with van der Waals surface area (Å²) in [7, 11) is 0. The largest absolute Gasteiger partial charge is 0 e. The van der Waals surface area contributed by atoms with E-state index in [4.69, 9.17) is 0 Å². The summed E-state index contributed by atoms with van der Waals surface area (Å²) in [5.74, 6) is 0. The Morgan fingerprint density at radius 1 is 0.643 bits per heavy atom. The van der Waals surface area contributed by atoms with Crippen LogP contribution in [0.4, 0.5) is 0 Å². The summed E-state index contributed by atoms with van der Waals surface area (Å²) in [6.45, 7) is 7.00. The van der Waals surface area contributed by atoms with Crippen LogP contribution >= 0.6 is 0 Å². The van der Waals surface area contributed by atoms with Crippen molar-refractivity contribution >= 4 is 71.1 Å². The third kappa shape index (κ3) is 12.5. The zero-order valence-corrected chi connectivity index (χ0v) is 16.8. The molecule has 0 bridgehead atoms. The van der Waals surface area contributed by atoms with E-state index in [0.29, 0.717) is 0 Å². The van der Waals surface area contributed by atoms with Gasteiger partial charge >= 0.3 is 92.4 Å². The van der Waals surface area contributed by atoms with E-state index in [1.807, 2.05) is 0 Å². The Morgan fingerprint density at radius 3 is 1.14 bits per heavy atom. The van der Waals surface area contributed by atoms with E-state index in [-0.39, 0.29) is 51.4 Å². The Morgan fingerprint density at radius 2 is 0.929 bits per heavy atom. The van der Waals surface area contributed by atoms with E-state index in [2.05, 4.69) is 20.8 Å². The van der Waals surface area contributed by atoms with Crippen molar-refractivity contribution < 1.29 is 0 Å². The third-order valence-electron chi connectivity index (χ3n) is 2.65. The van der Waals surface area contributed by atoms with Gasteiger partial charge in [-0.3, -0.25) is 0 Å². The van der Waals surface area contributed by atoms with Gasteiger partial charge in [0.1, 0.15) is 0 Å². The van der Waals surface area contributed by atoms with Crippen molar-refractivity contribution in [2.24, 2.45) is 0 Å². The number of unbranched alkanes of at least 4 members (excludes halogenated alkanes) is 3. The minimum Gasteiger partial charge on any atom is 0 e. The molecule has 0 amide bonds. The second-order valence-corrected chi connectivity index (χ2v) is 12.6. The molecule has 0 spiro atoms. The summed E-state index contributed by atoms with van der Waals surface area (Å²) in [6.07, 6.45) is 8.85. The third-order valence-corrected chi connectivity index (χ3v) is 11.7. The van der Waals surface area contributed by atoms with Crippen LogP contribution in [-0.4, -0.2) is 71.1 Å². The van der Waals surface area contributed by atoms with Gasteiger partial charge in [0.05, 0.1) is 0 Å². The van der Waals surface area contributed by atoms with Crippen LogP contribution in [0.5, 0.6) is 0 Å². The van der Waals surface area contributed by atoms with Gasteiger partial charge in [0.2, 0.25) is 0 Å². The molecule has 80 valence electrons. The van der Waals surface area contributed by atoms with Gasteiger partial charge in [-0.25, -0.2) is 0 Å². The van der Waals surface area contributed by atoms with Crippen molar-refractivity contribution in [2.45, 2.75) is 72.6 Å². The molecule has 0 N–H and O–H groups in total. The van der Waals surface area contributed by atoms with Crippen molar-refractivity contribution in [1.82, 2.24) is 0 Å². The van der Waals surface area contributed by atoms with Crippen LogP contribution in [0.3, 0.4) is 0 Å². The van der Waals surface area contributed by atoms with E-state index >= 15 is 0 Å². The van der Waals surface area contributed by atoms with Crippen molar-refractivity contribution in [3.63, 3.8) is 0 Å². The van der Waals surface area contributed by atoms with Gasteiger partial charge in [-0.1, -0.05) is 0 Å². The normalized spacial score (nSPS) is 10.3. The fourth-order valence-corrected chi connectivity index (χ4v) is 11.1. The molecule has 0 aromatic heterocycles. The number of hydrogen-bond acceptors (Lipinski definition) is 0. The summed E-state index contributed by atoms with van der Waals surface area (Å²) in [4.78, 5) is 0. The SMILES string of the molecule is CCC[CH2][Sn]([CH2]CCC)[CH2]CCC.[K]. The zero-order chi connectivity index (χ0) is 9.94. The number of rotatable bonds is 9. The summed E-state index contributed by atoms with van der Waals surface area (Å²) in [6, 6.07) is 0. The van der Waals surface area contributed by atoms with E-state index in [1.54, 1.807) is 13.3 Å². The molecule has 0 aliphatic heterocycles. The Hall–Kier alpha value is 2.44. The molecule has 0 saturated carbocycles. The first kappa shape index (κ1) is 18.8.